The Labute approximate surface area is 145 Å². The monoisotopic (exact) mass is 363 g/mol. The molecule has 0 aliphatic rings. The standard InChI is InChI=1S/C18H12F3NO2S/c19-18(20,21)16(24)10-15(23)11-5-7-13(8-6-11)25-17-9-12-3-1-2-4-14(12)22-17/h1-9,22H,10H2. The molecule has 1 N–H and O–H groups in total. The normalized spacial score (nSPS) is 11.6. The molecule has 0 radical (unpaired) electrons. The van der Waals surface area contributed by atoms with Crippen molar-refractivity contribution in [2.75, 3.05) is 0 Å². The van der Waals surface area contributed by atoms with E-state index in [9.17, 15) is 22.8 Å². The van der Waals surface area contributed by atoms with Gasteiger partial charge in [-0.25, -0.2) is 0 Å². The molecule has 128 valence electrons. The molecule has 0 atom stereocenters. The molecule has 0 fully saturated rings. The number of carbonyl (C=O) groups is 2. The van der Waals surface area contributed by atoms with Crippen molar-refractivity contribution in [2.45, 2.75) is 22.5 Å². The lowest BCUT2D eigenvalue weighted by molar-refractivity contribution is -0.170. The van der Waals surface area contributed by atoms with E-state index in [1.165, 1.54) is 23.9 Å². The number of Topliss-reactive ketones (excluding diaryl/α,β-unsaturated/α-hetero) is 2. The molecule has 3 aromatic rings. The molecule has 7 heteroatoms. The van der Waals surface area contributed by atoms with E-state index in [0.29, 0.717) is 0 Å². The summed E-state index contributed by atoms with van der Waals surface area (Å²) in [4.78, 5) is 26.7. The zero-order valence-corrected chi connectivity index (χ0v) is 13.6. The van der Waals surface area contributed by atoms with Crippen molar-refractivity contribution in [2.24, 2.45) is 0 Å². The molecule has 3 nitrogen and oxygen atoms in total. The third kappa shape index (κ3) is 4.11. The fourth-order valence-corrected chi connectivity index (χ4v) is 3.16. The highest BCUT2D eigenvalue weighted by atomic mass is 32.2. The van der Waals surface area contributed by atoms with E-state index in [1.807, 2.05) is 30.3 Å². The largest absolute Gasteiger partial charge is 0.450 e. The van der Waals surface area contributed by atoms with Gasteiger partial charge in [0.1, 0.15) is 0 Å². The predicted molar refractivity (Wildman–Crippen MR) is 88.9 cm³/mol. The molecule has 0 amide bonds. The average molecular weight is 363 g/mol. The summed E-state index contributed by atoms with van der Waals surface area (Å²) >= 11 is 1.44. The van der Waals surface area contributed by atoms with Crippen LogP contribution in [0.1, 0.15) is 16.8 Å². The van der Waals surface area contributed by atoms with Gasteiger partial charge in [-0.15, -0.1) is 0 Å². The van der Waals surface area contributed by atoms with E-state index in [0.717, 1.165) is 20.8 Å². The van der Waals surface area contributed by atoms with Crippen molar-refractivity contribution < 1.29 is 22.8 Å². The number of halogens is 3. The van der Waals surface area contributed by atoms with E-state index < -0.39 is 24.2 Å². The Morgan fingerprint density at radius 1 is 1.00 bits per heavy atom. The van der Waals surface area contributed by atoms with Gasteiger partial charge in [-0.1, -0.05) is 42.1 Å². The van der Waals surface area contributed by atoms with Gasteiger partial charge in [-0.05, 0) is 24.3 Å². The van der Waals surface area contributed by atoms with Gasteiger partial charge < -0.3 is 4.98 Å². The third-order valence-corrected chi connectivity index (χ3v) is 4.49. The van der Waals surface area contributed by atoms with Crippen molar-refractivity contribution in [3.8, 4) is 0 Å². The maximum Gasteiger partial charge on any atom is 0.450 e. The number of hydrogen-bond donors (Lipinski definition) is 1. The van der Waals surface area contributed by atoms with E-state index in [-0.39, 0.29) is 5.56 Å². The van der Waals surface area contributed by atoms with Gasteiger partial charge >= 0.3 is 6.18 Å². The molecule has 0 saturated heterocycles. The fraction of sp³-hybridized carbons (Fsp3) is 0.111. The summed E-state index contributed by atoms with van der Waals surface area (Å²) in [5.74, 6) is -2.88. The van der Waals surface area contributed by atoms with E-state index in [1.54, 1.807) is 12.1 Å². The zero-order valence-electron chi connectivity index (χ0n) is 12.8. The number of aromatic nitrogens is 1. The predicted octanol–water partition coefficient (Wildman–Crippen LogP) is 5.02. The SMILES string of the molecule is O=C(CC(=O)C(F)(F)F)c1ccc(Sc2cc3ccccc3[nH]2)cc1. The Bertz CT molecular complexity index is 896. The van der Waals surface area contributed by atoms with Crippen LogP contribution in [-0.2, 0) is 4.79 Å². The van der Waals surface area contributed by atoms with Crippen LogP contribution < -0.4 is 0 Å². The van der Waals surface area contributed by atoms with Gasteiger partial charge in [0, 0.05) is 21.4 Å². The summed E-state index contributed by atoms with van der Waals surface area (Å²) in [5, 5.41) is 1.98. The Morgan fingerprint density at radius 2 is 1.68 bits per heavy atom. The number of nitrogens with one attached hydrogen (secondary N) is 1. The van der Waals surface area contributed by atoms with Gasteiger partial charge in [0.25, 0.3) is 0 Å². The second-order valence-corrected chi connectivity index (χ2v) is 6.48. The smallest absolute Gasteiger partial charge is 0.349 e. The zero-order chi connectivity index (χ0) is 18.0. The first-order valence-corrected chi connectivity index (χ1v) is 8.13. The fourth-order valence-electron chi connectivity index (χ4n) is 2.29. The minimum absolute atomic E-state index is 0.0820. The number of para-hydroxylation sites is 1. The topological polar surface area (TPSA) is 49.9 Å². The molecule has 25 heavy (non-hydrogen) atoms. The molecule has 0 bridgehead atoms. The number of aromatic amines is 1. The van der Waals surface area contributed by atoms with Crippen molar-refractivity contribution in [1.29, 1.82) is 0 Å². The van der Waals surface area contributed by atoms with Gasteiger partial charge in [0.05, 0.1) is 11.4 Å². The van der Waals surface area contributed by atoms with Crippen LogP contribution in [0.3, 0.4) is 0 Å². The lowest BCUT2D eigenvalue weighted by Crippen LogP contribution is -2.25. The lowest BCUT2D eigenvalue weighted by Gasteiger charge is -2.05. The van der Waals surface area contributed by atoms with Crippen LogP contribution in [0.5, 0.6) is 0 Å². The molecule has 1 heterocycles. The van der Waals surface area contributed by atoms with Crippen LogP contribution in [-0.4, -0.2) is 22.7 Å². The van der Waals surface area contributed by atoms with Crippen LogP contribution in [0.15, 0.2) is 64.5 Å². The highest BCUT2D eigenvalue weighted by molar-refractivity contribution is 7.99. The molecule has 0 spiro atoms. The van der Waals surface area contributed by atoms with Crippen LogP contribution in [0.25, 0.3) is 10.9 Å². The first-order chi connectivity index (χ1) is 11.8. The Kier molecular flexibility index (Phi) is 4.67. The van der Waals surface area contributed by atoms with Crippen LogP contribution >= 0.6 is 11.8 Å². The second kappa shape index (κ2) is 6.76. The van der Waals surface area contributed by atoms with Crippen LogP contribution in [0.4, 0.5) is 13.2 Å². The van der Waals surface area contributed by atoms with Crippen LogP contribution in [0.2, 0.25) is 0 Å². The van der Waals surface area contributed by atoms with Gasteiger partial charge in [0.2, 0.25) is 5.78 Å². The maximum absolute atomic E-state index is 12.2. The van der Waals surface area contributed by atoms with E-state index in [2.05, 4.69) is 4.98 Å². The Balaban J connectivity index is 1.69. The highest BCUT2D eigenvalue weighted by Gasteiger charge is 2.39. The minimum Gasteiger partial charge on any atom is -0.349 e. The molecule has 0 unspecified atom stereocenters. The number of carbonyl (C=O) groups excluding carboxylic acids is 2. The molecule has 0 aliphatic carbocycles. The number of H-pyrrole nitrogens is 1. The maximum atomic E-state index is 12.2. The lowest BCUT2D eigenvalue weighted by atomic mass is 10.1. The third-order valence-electron chi connectivity index (χ3n) is 3.55. The minimum atomic E-state index is -4.99. The van der Waals surface area contributed by atoms with Gasteiger partial charge in [-0.2, -0.15) is 13.2 Å². The van der Waals surface area contributed by atoms with Crippen LogP contribution in [0, 0.1) is 0 Å². The first kappa shape index (κ1) is 17.3. The summed E-state index contributed by atoms with van der Waals surface area (Å²) in [6, 6.07) is 15.9. The Morgan fingerprint density at radius 3 is 2.32 bits per heavy atom. The summed E-state index contributed by atoms with van der Waals surface area (Å²) < 4.78 is 36.6. The second-order valence-electron chi connectivity index (χ2n) is 5.37. The molecule has 3 rings (SSSR count). The Hall–Kier alpha value is -2.54. The van der Waals surface area contributed by atoms with Crippen molar-refractivity contribution >= 4 is 34.2 Å². The van der Waals surface area contributed by atoms with Crippen molar-refractivity contribution in [3.05, 3.63) is 60.2 Å². The number of ketones is 2. The first-order valence-electron chi connectivity index (χ1n) is 7.32. The highest BCUT2D eigenvalue weighted by Crippen LogP contribution is 2.30. The van der Waals surface area contributed by atoms with E-state index in [4.69, 9.17) is 0 Å². The summed E-state index contributed by atoms with van der Waals surface area (Å²) in [7, 11) is 0. The number of hydrogen-bond acceptors (Lipinski definition) is 3. The molecule has 0 saturated carbocycles. The molecule has 1 aromatic heterocycles. The molecular weight excluding hydrogens is 351 g/mol. The van der Waals surface area contributed by atoms with E-state index >= 15 is 0 Å². The number of fused-ring (bicyclic) bond motifs is 1. The van der Waals surface area contributed by atoms with Crippen molar-refractivity contribution in [1.82, 2.24) is 4.98 Å². The number of alkyl halides is 3. The average Bonchev–Trinajstić information content (AvgIpc) is 2.96. The van der Waals surface area contributed by atoms with Gasteiger partial charge in [0.15, 0.2) is 5.78 Å². The molecular formula is C18H12F3NO2S. The number of benzene rings is 2. The summed E-state index contributed by atoms with van der Waals surface area (Å²) in [5.41, 5.74) is 1.08. The quantitative estimate of drug-likeness (QED) is 0.511. The summed E-state index contributed by atoms with van der Waals surface area (Å²) in [6.07, 6.45) is -6.15. The summed E-state index contributed by atoms with van der Waals surface area (Å²) in [6.45, 7) is 0. The number of rotatable bonds is 5. The van der Waals surface area contributed by atoms with Gasteiger partial charge in [-0.3, -0.25) is 9.59 Å². The van der Waals surface area contributed by atoms with Crippen molar-refractivity contribution in [3.63, 3.8) is 0 Å². The molecule has 0 aliphatic heterocycles. The molecule has 2 aromatic carbocycles.